The van der Waals surface area contributed by atoms with Crippen LogP contribution >= 0.6 is 0 Å². The van der Waals surface area contributed by atoms with Crippen LogP contribution in [0.5, 0.6) is 0 Å². The number of likely N-dealkylation sites (N-methyl/N-ethyl adjacent to an activating group) is 1. The average molecular weight is 605 g/mol. The zero-order valence-electron chi connectivity index (χ0n) is 27.7. The fourth-order valence-electron chi connectivity index (χ4n) is 6.20. The van der Waals surface area contributed by atoms with Crippen LogP contribution in [0, 0.1) is 17.8 Å². The third-order valence-corrected chi connectivity index (χ3v) is 9.25. The van der Waals surface area contributed by atoms with E-state index in [4.69, 9.17) is 15.2 Å². The number of hydrogen-bond donors (Lipinski definition) is 3. The Kier molecular flexibility index (Phi) is 14.6. The molecule has 10 nitrogen and oxygen atoms in total. The van der Waals surface area contributed by atoms with Gasteiger partial charge in [-0.05, 0) is 37.2 Å². The maximum absolute atomic E-state index is 13.8. The van der Waals surface area contributed by atoms with Gasteiger partial charge in [-0.3, -0.25) is 14.4 Å². The zero-order chi connectivity index (χ0) is 32.4. The van der Waals surface area contributed by atoms with Crippen molar-refractivity contribution in [1.82, 2.24) is 15.1 Å². The Hall–Kier alpha value is -2.53. The summed E-state index contributed by atoms with van der Waals surface area (Å²) < 4.78 is 11.7. The second-order valence-electron chi connectivity index (χ2n) is 12.5. The number of benzene rings is 1. The molecule has 4 N–H and O–H groups in total. The van der Waals surface area contributed by atoms with E-state index in [9.17, 15) is 19.5 Å². The summed E-state index contributed by atoms with van der Waals surface area (Å²) in [6, 6.07) is 7.43. The maximum Gasteiger partial charge on any atom is 0.239 e. The molecule has 43 heavy (non-hydrogen) atoms. The van der Waals surface area contributed by atoms with Gasteiger partial charge in [-0.15, -0.1) is 0 Å². The second-order valence-corrected chi connectivity index (χ2v) is 12.5. The van der Waals surface area contributed by atoms with Crippen LogP contribution in [0.25, 0.3) is 0 Å². The molecule has 10 heteroatoms. The van der Waals surface area contributed by atoms with Gasteiger partial charge in [-0.1, -0.05) is 71.4 Å². The van der Waals surface area contributed by atoms with Crippen molar-refractivity contribution in [2.45, 2.75) is 110 Å². The van der Waals surface area contributed by atoms with Gasteiger partial charge >= 0.3 is 0 Å². The number of nitrogens with one attached hydrogen (secondary N) is 1. The predicted octanol–water partition coefficient (Wildman–Crippen LogP) is 3.13. The van der Waals surface area contributed by atoms with Crippen LogP contribution in [0.15, 0.2) is 30.3 Å². The monoisotopic (exact) mass is 604 g/mol. The van der Waals surface area contributed by atoms with Gasteiger partial charge in [0.1, 0.15) is 0 Å². The third-order valence-electron chi connectivity index (χ3n) is 9.25. The van der Waals surface area contributed by atoms with Crippen molar-refractivity contribution < 1.29 is 29.0 Å². The van der Waals surface area contributed by atoms with E-state index in [0.29, 0.717) is 13.0 Å². The molecule has 1 aromatic carbocycles. The quantitative estimate of drug-likeness (QED) is 0.264. The highest BCUT2D eigenvalue weighted by Gasteiger charge is 2.42. The first-order valence-electron chi connectivity index (χ1n) is 15.7. The number of aliphatic hydroxyl groups excluding tert-OH is 1. The molecule has 0 saturated carbocycles. The predicted molar refractivity (Wildman–Crippen MR) is 168 cm³/mol. The molecule has 1 aliphatic rings. The van der Waals surface area contributed by atoms with Crippen LogP contribution in [-0.2, 0) is 23.9 Å². The summed E-state index contributed by atoms with van der Waals surface area (Å²) in [5, 5.41) is 13.7. The number of carbonyl (C=O) groups is 3. The molecule has 2 rings (SSSR count). The normalized spacial score (nSPS) is 20.9. The standard InChI is InChI=1S/C33H56N4O6/c1-10-21(4)29(36(7)33(41)28(34)20(2)3)26(42-8)19-27(38)37-18-14-17-25(37)31(43-9)22(5)32(40)35-23(6)30(39)24-15-12-11-13-16-24/h11-13,15-16,20-23,25-26,28-31,39H,10,14,17-19,34H2,1-9H3,(H,35,40)/t21?,22?,23?,25-,26?,28?,29?,30?,31?/m0/s1. The summed E-state index contributed by atoms with van der Waals surface area (Å²) in [5.74, 6) is -1.03. The maximum atomic E-state index is 13.8. The van der Waals surface area contributed by atoms with Gasteiger partial charge in [0.15, 0.2) is 0 Å². The third kappa shape index (κ3) is 9.23. The molecule has 9 atom stereocenters. The number of aliphatic hydroxyl groups is 1. The minimum atomic E-state index is -0.854. The number of hydrogen-bond acceptors (Lipinski definition) is 7. The van der Waals surface area contributed by atoms with Crippen LogP contribution in [0.4, 0.5) is 0 Å². The highest BCUT2D eigenvalue weighted by atomic mass is 16.5. The van der Waals surface area contributed by atoms with Gasteiger partial charge in [0, 0.05) is 27.8 Å². The lowest BCUT2D eigenvalue weighted by Gasteiger charge is -2.40. The number of carbonyl (C=O) groups excluding carboxylic acids is 3. The first-order chi connectivity index (χ1) is 20.3. The van der Waals surface area contributed by atoms with Crippen molar-refractivity contribution >= 4 is 17.7 Å². The Balaban J connectivity index is 2.17. The molecule has 244 valence electrons. The molecular formula is C33H56N4O6. The fraction of sp³-hybridized carbons (Fsp3) is 0.727. The lowest BCUT2D eigenvalue weighted by Crippen LogP contribution is -2.56. The highest BCUT2D eigenvalue weighted by Crippen LogP contribution is 2.30. The molecule has 0 aromatic heterocycles. The van der Waals surface area contributed by atoms with Crippen LogP contribution in [-0.4, -0.2) is 96.8 Å². The average Bonchev–Trinajstić information content (AvgIpc) is 3.49. The minimum Gasteiger partial charge on any atom is -0.386 e. The molecular weight excluding hydrogens is 548 g/mol. The lowest BCUT2D eigenvalue weighted by molar-refractivity contribution is -0.146. The number of methoxy groups -OCH3 is 2. The molecule has 1 saturated heterocycles. The molecule has 1 fully saturated rings. The van der Waals surface area contributed by atoms with Crippen LogP contribution in [0.3, 0.4) is 0 Å². The molecule has 3 amide bonds. The Morgan fingerprint density at radius 3 is 2.26 bits per heavy atom. The molecule has 0 radical (unpaired) electrons. The summed E-state index contributed by atoms with van der Waals surface area (Å²) in [5.41, 5.74) is 6.93. The first-order valence-corrected chi connectivity index (χ1v) is 15.7. The van der Waals surface area contributed by atoms with Crippen molar-refractivity contribution in [3.63, 3.8) is 0 Å². The lowest BCUT2D eigenvalue weighted by atomic mass is 9.89. The van der Waals surface area contributed by atoms with E-state index >= 15 is 0 Å². The van der Waals surface area contributed by atoms with Crippen molar-refractivity contribution in [1.29, 1.82) is 0 Å². The number of rotatable bonds is 16. The van der Waals surface area contributed by atoms with Crippen LogP contribution in [0.1, 0.15) is 78.9 Å². The molecule has 0 spiro atoms. The summed E-state index contributed by atoms with van der Waals surface area (Å²) in [4.78, 5) is 43.8. The number of nitrogens with two attached hydrogens (primary N) is 1. The van der Waals surface area contributed by atoms with E-state index in [1.807, 2.05) is 49.1 Å². The van der Waals surface area contributed by atoms with Crippen molar-refractivity contribution in [3.05, 3.63) is 35.9 Å². The van der Waals surface area contributed by atoms with Crippen molar-refractivity contribution in [3.8, 4) is 0 Å². The van der Waals surface area contributed by atoms with Crippen LogP contribution < -0.4 is 11.1 Å². The number of nitrogens with zero attached hydrogens (tertiary/aromatic N) is 2. The zero-order valence-corrected chi connectivity index (χ0v) is 27.7. The Morgan fingerprint density at radius 1 is 1.09 bits per heavy atom. The fourth-order valence-corrected chi connectivity index (χ4v) is 6.20. The molecule has 8 unspecified atom stereocenters. The number of ether oxygens (including phenoxy) is 2. The Morgan fingerprint density at radius 2 is 1.72 bits per heavy atom. The van der Waals surface area contributed by atoms with Gasteiger partial charge in [-0.25, -0.2) is 0 Å². The van der Waals surface area contributed by atoms with E-state index in [-0.39, 0.29) is 48.1 Å². The Bertz CT molecular complexity index is 1020. The number of likely N-dealkylation sites (tertiary alicyclic amines) is 1. The molecule has 1 aliphatic heterocycles. The minimum absolute atomic E-state index is 0.0183. The van der Waals surface area contributed by atoms with E-state index in [1.54, 1.807) is 40.0 Å². The first kappa shape index (κ1) is 36.7. The smallest absolute Gasteiger partial charge is 0.239 e. The van der Waals surface area contributed by atoms with Crippen LogP contribution in [0.2, 0.25) is 0 Å². The molecule has 0 aliphatic carbocycles. The number of amides is 3. The van der Waals surface area contributed by atoms with Crippen molar-refractivity contribution in [2.75, 3.05) is 27.8 Å². The van der Waals surface area contributed by atoms with Gasteiger partial charge < -0.3 is 35.4 Å². The summed E-state index contributed by atoms with van der Waals surface area (Å²) in [6.45, 7) is 12.1. The van der Waals surface area contributed by atoms with Gasteiger partial charge in [0.2, 0.25) is 17.7 Å². The van der Waals surface area contributed by atoms with E-state index in [2.05, 4.69) is 19.2 Å². The summed E-state index contributed by atoms with van der Waals surface area (Å²) >= 11 is 0. The van der Waals surface area contributed by atoms with E-state index < -0.39 is 36.3 Å². The summed E-state index contributed by atoms with van der Waals surface area (Å²) in [6.07, 6.45) is 0.474. The second kappa shape index (κ2) is 17.1. The molecule has 0 bridgehead atoms. The van der Waals surface area contributed by atoms with Crippen molar-refractivity contribution in [2.24, 2.45) is 23.5 Å². The van der Waals surface area contributed by atoms with E-state index in [1.165, 1.54) is 0 Å². The SMILES string of the molecule is CCC(C)C(C(CC(=O)N1CCC[C@H]1C(OC)C(C)C(=O)NC(C)C(O)c1ccccc1)OC)N(C)C(=O)C(N)C(C)C. The Labute approximate surface area is 258 Å². The van der Waals surface area contributed by atoms with Gasteiger partial charge in [0.25, 0.3) is 0 Å². The molecule has 1 aromatic rings. The topological polar surface area (TPSA) is 134 Å². The molecule has 1 heterocycles. The van der Waals surface area contributed by atoms with Gasteiger partial charge in [-0.2, -0.15) is 0 Å². The summed E-state index contributed by atoms with van der Waals surface area (Å²) in [7, 11) is 4.88. The largest absolute Gasteiger partial charge is 0.386 e. The van der Waals surface area contributed by atoms with Gasteiger partial charge in [0.05, 0.1) is 54.8 Å². The van der Waals surface area contributed by atoms with E-state index in [0.717, 1.165) is 18.4 Å². The highest BCUT2D eigenvalue weighted by molar-refractivity contribution is 5.83.